The van der Waals surface area contributed by atoms with E-state index in [1.165, 1.54) is 25.7 Å². The summed E-state index contributed by atoms with van der Waals surface area (Å²) in [5.74, 6) is -1.06. The van der Waals surface area contributed by atoms with Gasteiger partial charge in [0, 0.05) is 12.8 Å². The van der Waals surface area contributed by atoms with Gasteiger partial charge in [-0.25, -0.2) is 0 Å². The third-order valence-corrected chi connectivity index (χ3v) is 9.28. The van der Waals surface area contributed by atoms with Gasteiger partial charge in [0.15, 0.2) is 6.10 Å². The first kappa shape index (κ1) is 52.4. The van der Waals surface area contributed by atoms with Gasteiger partial charge in [0.05, 0.1) is 33.9 Å². The minimum atomic E-state index is -4.68. The number of carbonyl (C=O) groups excluding carboxylic acids is 2. The van der Waals surface area contributed by atoms with E-state index in [1.54, 1.807) is 12.2 Å². The number of esters is 2. The van der Waals surface area contributed by atoms with Crippen molar-refractivity contribution in [3.63, 3.8) is 0 Å². The number of phosphoric acid groups is 1. The minimum Gasteiger partial charge on any atom is -0.756 e. The second kappa shape index (κ2) is 35.8. The number of phosphoric ester groups is 1. The number of rotatable bonds is 36. The summed E-state index contributed by atoms with van der Waals surface area (Å²) in [6, 6.07) is 0. The first-order chi connectivity index (χ1) is 26.4. The zero-order valence-electron chi connectivity index (χ0n) is 35.0. The van der Waals surface area contributed by atoms with Crippen molar-refractivity contribution in [1.29, 1.82) is 0 Å². The quantitative estimate of drug-likeness (QED) is 0.0165. The van der Waals surface area contributed by atoms with Crippen molar-refractivity contribution in [2.24, 2.45) is 0 Å². The van der Waals surface area contributed by atoms with Crippen LogP contribution in [-0.2, 0) is 32.7 Å². The molecule has 0 aliphatic carbocycles. The Morgan fingerprint density at radius 1 is 0.691 bits per heavy atom. The van der Waals surface area contributed by atoms with E-state index in [0.717, 1.165) is 64.2 Å². The Morgan fingerprint density at radius 3 is 1.91 bits per heavy atom. The number of likely N-dealkylation sites (N-methyl/N-ethyl adjacent to an activating group) is 1. The van der Waals surface area contributed by atoms with Crippen molar-refractivity contribution in [3.8, 4) is 0 Å². The van der Waals surface area contributed by atoms with Gasteiger partial charge in [-0.3, -0.25) is 14.2 Å². The third kappa shape index (κ3) is 39.4. The van der Waals surface area contributed by atoms with Crippen LogP contribution >= 0.6 is 7.82 Å². The van der Waals surface area contributed by atoms with Crippen LogP contribution in [0.4, 0.5) is 0 Å². The summed E-state index contributed by atoms with van der Waals surface area (Å²) in [6.45, 7) is 3.83. The SMILES string of the molecule is CC/C=C\C/C=C\C/C=C\C/C=C\C=C\C(O)CCCC(=O)OC(COC(=O)CCCCCCC/C=C\CCCCCC)COP(=O)([O-])OCC[N+](C)(C)C. The molecule has 0 aliphatic heterocycles. The topological polar surface area (TPSA) is 131 Å². The van der Waals surface area contributed by atoms with E-state index in [0.29, 0.717) is 30.3 Å². The molecule has 0 aliphatic rings. The highest BCUT2D eigenvalue weighted by Crippen LogP contribution is 2.38. The van der Waals surface area contributed by atoms with Gasteiger partial charge in [-0.05, 0) is 70.6 Å². The number of aliphatic hydroxyl groups excluding tert-OH is 1. The number of aliphatic hydroxyl groups is 1. The van der Waals surface area contributed by atoms with Gasteiger partial charge in [0.1, 0.15) is 19.8 Å². The number of hydrogen-bond acceptors (Lipinski definition) is 9. The number of quaternary nitrogens is 1. The van der Waals surface area contributed by atoms with Crippen molar-refractivity contribution in [1.82, 2.24) is 0 Å². The second-order valence-corrected chi connectivity index (χ2v) is 16.2. The van der Waals surface area contributed by atoms with Crippen molar-refractivity contribution in [3.05, 3.63) is 72.9 Å². The first-order valence-corrected chi connectivity index (χ1v) is 22.2. The van der Waals surface area contributed by atoms with Crippen LogP contribution in [0.15, 0.2) is 72.9 Å². The Hall–Kier alpha value is -2.59. The Balaban J connectivity index is 4.64. The molecule has 10 nitrogen and oxygen atoms in total. The summed E-state index contributed by atoms with van der Waals surface area (Å²) in [4.78, 5) is 37.5. The maximum atomic E-state index is 12.7. The Labute approximate surface area is 334 Å². The van der Waals surface area contributed by atoms with E-state index in [9.17, 15) is 24.2 Å². The minimum absolute atomic E-state index is 0.0108. The van der Waals surface area contributed by atoms with E-state index < -0.39 is 38.6 Å². The van der Waals surface area contributed by atoms with Gasteiger partial charge in [0.25, 0.3) is 7.82 Å². The number of ether oxygens (including phenoxy) is 2. The molecule has 0 rings (SSSR count). The molecule has 0 spiro atoms. The van der Waals surface area contributed by atoms with Crippen LogP contribution in [-0.4, -0.2) is 81.2 Å². The molecule has 55 heavy (non-hydrogen) atoms. The van der Waals surface area contributed by atoms with Crippen molar-refractivity contribution in [2.45, 2.75) is 148 Å². The zero-order valence-corrected chi connectivity index (χ0v) is 35.8. The summed E-state index contributed by atoms with van der Waals surface area (Å²) in [7, 11) is 1.03. The highest BCUT2D eigenvalue weighted by molar-refractivity contribution is 7.45. The van der Waals surface area contributed by atoms with Crippen LogP contribution in [0.3, 0.4) is 0 Å². The lowest BCUT2D eigenvalue weighted by atomic mass is 10.1. The number of hydrogen-bond donors (Lipinski definition) is 1. The predicted octanol–water partition coefficient (Wildman–Crippen LogP) is 9.80. The van der Waals surface area contributed by atoms with Crippen molar-refractivity contribution < 1.29 is 47.2 Å². The van der Waals surface area contributed by atoms with E-state index >= 15 is 0 Å². The highest BCUT2D eigenvalue weighted by Gasteiger charge is 2.22. The molecule has 1 N–H and O–H groups in total. The molecule has 0 amide bonds. The summed E-state index contributed by atoms with van der Waals surface area (Å²) >= 11 is 0. The monoisotopic (exact) mass is 794 g/mol. The van der Waals surface area contributed by atoms with Crippen LogP contribution in [0.5, 0.6) is 0 Å². The highest BCUT2D eigenvalue weighted by atomic mass is 31.2. The molecular formula is C44H76NO9P. The summed E-state index contributed by atoms with van der Waals surface area (Å²) in [5.41, 5.74) is 0. The average molecular weight is 794 g/mol. The Bertz CT molecular complexity index is 1190. The smallest absolute Gasteiger partial charge is 0.306 e. The van der Waals surface area contributed by atoms with E-state index in [4.69, 9.17) is 18.5 Å². The summed E-state index contributed by atoms with van der Waals surface area (Å²) in [5, 5.41) is 10.3. The van der Waals surface area contributed by atoms with E-state index in [2.05, 4.69) is 62.5 Å². The second-order valence-electron chi connectivity index (χ2n) is 14.8. The lowest BCUT2D eigenvalue weighted by Crippen LogP contribution is -2.37. The van der Waals surface area contributed by atoms with Crippen LogP contribution in [0.2, 0.25) is 0 Å². The number of nitrogens with zero attached hydrogens (tertiary/aromatic N) is 1. The number of unbranched alkanes of at least 4 members (excludes halogenated alkanes) is 9. The Kier molecular flexibility index (Phi) is 34.1. The van der Waals surface area contributed by atoms with Gasteiger partial charge in [0.2, 0.25) is 0 Å². The fraction of sp³-hybridized carbons (Fsp3) is 0.682. The molecule has 0 bridgehead atoms. The van der Waals surface area contributed by atoms with Crippen LogP contribution in [0.1, 0.15) is 136 Å². The third-order valence-electron chi connectivity index (χ3n) is 8.31. The van der Waals surface area contributed by atoms with Crippen LogP contribution in [0, 0.1) is 0 Å². The first-order valence-electron chi connectivity index (χ1n) is 20.8. The summed E-state index contributed by atoms with van der Waals surface area (Å²) in [6.07, 6.45) is 39.6. The molecule has 0 fully saturated rings. The van der Waals surface area contributed by atoms with Crippen LogP contribution < -0.4 is 4.89 Å². The molecule has 0 saturated heterocycles. The zero-order chi connectivity index (χ0) is 40.9. The molecule has 11 heteroatoms. The molecule has 316 valence electrons. The lowest BCUT2D eigenvalue weighted by Gasteiger charge is -2.28. The van der Waals surface area contributed by atoms with E-state index in [1.807, 2.05) is 33.3 Å². The molecule has 0 heterocycles. The standard InChI is InChI=1S/C44H76NO9P/c1-6-8-10-12-14-16-18-20-22-24-26-28-30-33-41(46)34-32-36-44(48)54-42(40-53-55(49,50)52-38-37-45(3,4)5)39-51-43(47)35-31-29-27-25-23-21-19-17-15-13-11-9-7-2/h8,10,14,16-17,19-20,22,26,28,30,33,41-42,46H,6-7,9,11-13,15,18,21,23-25,27,29,31-32,34-40H2,1-5H3/b10-8-,16-14-,19-17-,22-20-,28-26-,33-30+. The lowest BCUT2D eigenvalue weighted by molar-refractivity contribution is -0.870. The molecule has 3 atom stereocenters. The summed E-state index contributed by atoms with van der Waals surface area (Å²) < 4.78 is 33.6. The molecule has 0 aromatic heterocycles. The normalized spacial score (nSPS) is 15.0. The van der Waals surface area contributed by atoms with Gasteiger partial charge in [-0.2, -0.15) is 0 Å². The maximum Gasteiger partial charge on any atom is 0.306 e. The fourth-order valence-electron chi connectivity index (χ4n) is 5.03. The van der Waals surface area contributed by atoms with Gasteiger partial charge in [-0.1, -0.05) is 125 Å². The molecule has 0 saturated carbocycles. The molecular weight excluding hydrogens is 717 g/mol. The molecule has 0 aromatic rings. The van der Waals surface area contributed by atoms with Gasteiger partial charge >= 0.3 is 11.9 Å². The van der Waals surface area contributed by atoms with Gasteiger partial charge in [-0.15, -0.1) is 0 Å². The average Bonchev–Trinajstić information content (AvgIpc) is 3.12. The molecule has 0 aromatic carbocycles. The molecule has 0 radical (unpaired) electrons. The van der Waals surface area contributed by atoms with Crippen molar-refractivity contribution >= 4 is 19.8 Å². The predicted molar refractivity (Wildman–Crippen MR) is 223 cm³/mol. The maximum absolute atomic E-state index is 12.7. The van der Waals surface area contributed by atoms with Crippen LogP contribution in [0.25, 0.3) is 0 Å². The largest absolute Gasteiger partial charge is 0.756 e. The number of allylic oxidation sites excluding steroid dienone is 11. The Morgan fingerprint density at radius 2 is 1.27 bits per heavy atom. The molecule has 3 unspecified atom stereocenters. The number of carbonyl (C=O) groups is 2. The van der Waals surface area contributed by atoms with E-state index in [-0.39, 0.29) is 26.1 Å². The fourth-order valence-corrected chi connectivity index (χ4v) is 5.76. The van der Waals surface area contributed by atoms with Gasteiger partial charge < -0.3 is 33.0 Å². The van der Waals surface area contributed by atoms with Crippen molar-refractivity contribution in [2.75, 3.05) is 47.5 Å².